The third kappa shape index (κ3) is 3.02. The number of hydrogen-bond donors (Lipinski definition) is 1. The molecule has 5 nitrogen and oxygen atoms in total. The number of benzene rings is 1. The molecule has 1 aromatic carbocycles. The molecule has 0 atom stereocenters. The molecule has 1 aliphatic rings. The van der Waals surface area contributed by atoms with E-state index in [9.17, 15) is 4.79 Å². The molecule has 0 aliphatic carbocycles. The second-order valence-electron chi connectivity index (χ2n) is 5.58. The number of unbranched alkanes of at least 4 members (excludes halogenated alkanes) is 1. The van der Waals surface area contributed by atoms with E-state index in [0.717, 1.165) is 53.6 Å². The summed E-state index contributed by atoms with van der Waals surface area (Å²) < 4.78 is 6.36. The molecule has 2 aromatic rings. The zero-order chi connectivity index (χ0) is 15.5. The molecule has 0 bridgehead atoms. The van der Waals surface area contributed by atoms with Gasteiger partial charge in [0.25, 0.3) is 0 Å². The van der Waals surface area contributed by atoms with E-state index in [-0.39, 0.29) is 11.8 Å². The molecule has 1 aliphatic heterocycles. The smallest absolute Gasteiger partial charge is 0.226 e. The van der Waals surface area contributed by atoms with E-state index in [1.165, 1.54) is 0 Å². The number of carbonyl (C=O) groups excluding carboxylic acids is 1. The highest BCUT2D eigenvalue weighted by molar-refractivity contribution is 7.22. The van der Waals surface area contributed by atoms with Crippen molar-refractivity contribution in [2.24, 2.45) is 5.92 Å². The molecule has 1 saturated heterocycles. The Balaban J connectivity index is 1.59. The van der Waals surface area contributed by atoms with Crippen LogP contribution in [0.2, 0.25) is 0 Å². The summed E-state index contributed by atoms with van der Waals surface area (Å²) in [4.78, 5) is 18.8. The fourth-order valence-electron chi connectivity index (χ4n) is 2.49. The number of amides is 1. The van der Waals surface area contributed by atoms with Gasteiger partial charge in [-0.2, -0.15) is 0 Å². The first-order valence-electron chi connectivity index (χ1n) is 7.68. The Morgan fingerprint density at radius 2 is 2.32 bits per heavy atom. The van der Waals surface area contributed by atoms with Gasteiger partial charge in [0.15, 0.2) is 5.13 Å². The molecule has 2 heterocycles. The van der Waals surface area contributed by atoms with Crippen LogP contribution in [0, 0.1) is 5.92 Å². The highest BCUT2D eigenvalue weighted by Gasteiger charge is 2.34. The van der Waals surface area contributed by atoms with Crippen LogP contribution in [-0.2, 0) is 4.79 Å². The molecular formula is C16H21N3O2S. The summed E-state index contributed by atoms with van der Waals surface area (Å²) in [6, 6.07) is 5.90. The Morgan fingerprint density at radius 3 is 3.05 bits per heavy atom. The van der Waals surface area contributed by atoms with Crippen LogP contribution in [0.4, 0.5) is 5.13 Å². The number of fused-ring (bicyclic) bond motifs is 1. The quantitative estimate of drug-likeness (QED) is 0.832. The van der Waals surface area contributed by atoms with Crippen molar-refractivity contribution in [1.29, 1.82) is 0 Å². The minimum absolute atomic E-state index is 0.0957. The normalized spacial score (nSPS) is 14.9. The predicted molar refractivity (Wildman–Crippen MR) is 89.8 cm³/mol. The average Bonchev–Trinajstić information content (AvgIpc) is 2.88. The lowest BCUT2D eigenvalue weighted by molar-refractivity contribution is -0.125. The topological polar surface area (TPSA) is 54.5 Å². The third-order valence-corrected chi connectivity index (χ3v) is 5.02. The van der Waals surface area contributed by atoms with Crippen molar-refractivity contribution in [3.05, 3.63) is 18.2 Å². The Morgan fingerprint density at radius 1 is 1.50 bits per heavy atom. The zero-order valence-electron chi connectivity index (χ0n) is 13.0. The Kier molecular flexibility index (Phi) is 4.47. The van der Waals surface area contributed by atoms with Crippen molar-refractivity contribution >= 4 is 32.6 Å². The fourth-order valence-corrected chi connectivity index (χ4v) is 3.50. The summed E-state index contributed by atoms with van der Waals surface area (Å²) in [6.07, 6.45) is 2.15. The van der Waals surface area contributed by atoms with Gasteiger partial charge in [-0.05, 0) is 24.6 Å². The first kappa shape index (κ1) is 15.1. The molecular weight excluding hydrogens is 298 g/mol. The molecule has 1 N–H and O–H groups in total. The maximum absolute atomic E-state index is 12.0. The average molecular weight is 319 g/mol. The molecule has 0 unspecified atom stereocenters. The second kappa shape index (κ2) is 6.52. The molecule has 118 valence electrons. The van der Waals surface area contributed by atoms with Gasteiger partial charge >= 0.3 is 0 Å². The Labute approximate surface area is 134 Å². The van der Waals surface area contributed by atoms with Crippen molar-refractivity contribution < 1.29 is 9.53 Å². The van der Waals surface area contributed by atoms with Gasteiger partial charge in [-0.15, -0.1) is 0 Å². The molecule has 1 amide bonds. The highest BCUT2D eigenvalue weighted by Crippen LogP contribution is 2.34. The predicted octanol–water partition coefficient (Wildman–Crippen LogP) is 2.66. The van der Waals surface area contributed by atoms with Crippen molar-refractivity contribution in [1.82, 2.24) is 10.3 Å². The molecule has 0 spiro atoms. The van der Waals surface area contributed by atoms with Gasteiger partial charge in [0.1, 0.15) is 5.75 Å². The van der Waals surface area contributed by atoms with Crippen LogP contribution in [-0.4, -0.2) is 37.6 Å². The van der Waals surface area contributed by atoms with Crippen LogP contribution in [0.5, 0.6) is 5.75 Å². The number of ether oxygens (including phenoxy) is 1. The first-order valence-corrected chi connectivity index (χ1v) is 8.50. The van der Waals surface area contributed by atoms with Gasteiger partial charge in [-0.3, -0.25) is 4.79 Å². The molecule has 1 aromatic heterocycles. The number of anilines is 1. The number of nitrogens with zero attached hydrogens (tertiary/aromatic N) is 2. The standard InChI is InChI=1S/C16H21N3O2S/c1-3-4-7-17-15(20)11-9-19(10-11)16-18-13-6-5-12(21-2)8-14(13)22-16/h5-6,8,11H,3-4,7,9-10H2,1-2H3,(H,17,20). The number of hydrogen-bond acceptors (Lipinski definition) is 5. The molecule has 22 heavy (non-hydrogen) atoms. The van der Waals surface area contributed by atoms with E-state index >= 15 is 0 Å². The van der Waals surface area contributed by atoms with Crippen molar-refractivity contribution in [3.63, 3.8) is 0 Å². The number of methoxy groups -OCH3 is 1. The summed E-state index contributed by atoms with van der Waals surface area (Å²) in [6.45, 7) is 4.43. The highest BCUT2D eigenvalue weighted by atomic mass is 32.1. The van der Waals surface area contributed by atoms with Crippen LogP contribution in [0.1, 0.15) is 19.8 Å². The summed E-state index contributed by atoms with van der Waals surface area (Å²) in [5, 5.41) is 3.99. The number of aromatic nitrogens is 1. The summed E-state index contributed by atoms with van der Waals surface area (Å²) in [5.74, 6) is 1.12. The van der Waals surface area contributed by atoms with Gasteiger partial charge in [-0.25, -0.2) is 4.98 Å². The monoisotopic (exact) mass is 319 g/mol. The van der Waals surface area contributed by atoms with E-state index in [1.807, 2.05) is 18.2 Å². The van der Waals surface area contributed by atoms with Gasteiger partial charge in [0, 0.05) is 19.6 Å². The number of thiazole rings is 1. The van der Waals surface area contributed by atoms with Crippen molar-refractivity contribution in [2.75, 3.05) is 31.6 Å². The SMILES string of the molecule is CCCCNC(=O)C1CN(c2nc3ccc(OC)cc3s2)C1. The van der Waals surface area contributed by atoms with E-state index in [2.05, 4.69) is 22.1 Å². The lowest BCUT2D eigenvalue weighted by atomic mass is 10.00. The molecule has 1 fully saturated rings. The minimum Gasteiger partial charge on any atom is -0.497 e. The van der Waals surface area contributed by atoms with Crippen LogP contribution in [0.3, 0.4) is 0 Å². The summed E-state index contributed by atoms with van der Waals surface area (Å²) >= 11 is 1.65. The van der Waals surface area contributed by atoms with Crippen LogP contribution in [0.25, 0.3) is 10.2 Å². The van der Waals surface area contributed by atoms with Gasteiger partial charge in [0.2, 0.25) is 5.91 Å². The third-order valence-electron chi connectivity index (χ3n) is 3.94. The maximum atomic E-state index is 12.0. The molecule has 0 saturated carbocycles. The lowest BCUT2D eigenvalue weighted by Crippen LogP contribution is -2.53. The van der Waals surface area contributed by atoms with E-state index in [0.29, 0.717) is 0 Å². The number of rotatable bonds is 6. The Hall–Kier alpha value is -1.82. The van der Waals surface area contributed by atoms with E-state index in [4.69, 9.17) is 4.74 Å². The van der Waals surface area contributed by atoms with Crippen molar-refractivity contribution in [2.45, 2.75) is 19.8 Å². The molecule has 3 rings (SSSR count). The largest absolute Gasteiger partial charge is 0.497 e. The zero-order valence-corrected chi connectivity index (χ0v) is 13.8. The van der Waals surface area contributed by atoms with Crippen LogP contribution in [0.15, 0.2) is 18.2 Å². The first-order chi connectivity index (χ1) is 10.7. The minimum atomic E-state index is 0.0957. The molecule has 0 radical (unpaired) electrons. The lowest BCUT2D eigenvalue weighted by Gasteiger charge is -2.37. The van der Waals surface area contributed by atoms with E-state index in [1.54, 1.807) is 18.4 Å². The van der Waals surface area contributed by atoms with Gasteiger partial charge in [-0.1, -0.05) is 24.7 Å². The van der Waals surface area contributed by atoms with Crippen LogP contribution < -0.4 is 15.0 Å². The molecule has 6 heteroatoms. The van der Waals surface area contributed by atoms with Gasteiger partial charge in [0.05, 0.1) is 23.2 Å². The Bertz CT molecular complexity index is 664. The fraction of sp³-hybridized carbons (Fsp3) is 0.500. The summed E-state index contributed by atoms with van der Waals surface area (Å²) in [5.41, 5.74) is 0.983. The van der Waals surface area contributed by atoms with Gasteiger partial charge < -0.3 is 15.0 Å². The van der Waals surface area contributed by atoms with E-state index < -0.39 is 0 Å². The number of carbonyl (C=O) groups is 1. The number of nitrogens with one attached hydrogen (secondary N) is 1. The van der Waals surface area contributed by atoms with Crippen LogP contribution >= 0.6 is 11.3 Å². The maximum Gasteiger partial charge on any atom is 0.226 e. The second-order valence-corrected chi connectivity index (χ2v) is 6.59. The van der Waals surface area contributed by atoms with Crippen molar-refractivity contribution in [3.8, 4) is 5.75 Å². The summed E-state index contributed by atoms with van der Waals surface area (Å²) in [7, 11) is 1.67.